The maximum Gasteiger partial charge on any atom is 0.227 e. The third kappa shape index (κ3) is 1.94. The van der Waals surface area contributed by atoms with Gasteiger partial charge in [-0.1, -0.05) is 12.1 Å². The van der Waals surface area contributed by atoms with E-state index in [0.29, 0.717) is 24.4 Å². The molecule has 0 saturated carbocycles. The highest BCUT2D eigenvalue weighted by molar-refractivity contribution is 7.80. The number of hydrogen-bond acceptors (Lipinski definition) is 2. The second-order valence-electron chi connectivity index (χ2n) is 4.16. The van der Waals surface area contributed by atoms with Gasteiger partial charge in [-0.2, -0.15) is 12.6 Å². The lowest BCUT2D eigenvalue weighted by Gasteiger charge is -2.19. The lowest BCUT2D eigenvalue weighted by molar-refractivity contribution is -0.117. The van der Waals surface area contributed by atoms with E-state index in [1.165, 1.54) is 6.07 Å². The number of rotatable bonds is 2. The van der Waals surface area contributed by atoms with Crippen LogP contribution in [-0.4, -0.2) is 18.2 Å². The van der Waals surface area contributed by atoms with E-state index in [4.69, 9.17) is 0 Å². The van der Waals surface area contributed by atoms with Gasteiger partial charge in [-0.05, 0) is 30.2 Å². The van der Waals surface area contributed by atoms with Crippen LogP contribution in [0.25, 0.3) is 0 Å². The van der Waals surface area contributed by atoms with Gasteiger partial charge >= 0.3 is 0 Å². The van der Waals surface area contributed by atoms with Gasteiger partial charge in [0, 0.05) is 13.0 Å². The Kier molecular flexibility index (Phi) is 3.19. The Balaban J connectivity index is 2.35. The number of nitrogens with zero attached hydrogens (tertiary/aromatic N) is 1. The summed E-state index contributed by atoms with van der Waals surface area (Å²) in [6, 6.07) is 4.87. The summed E-state index contributed by atoms with van der Waals surface area (Å²) in [6.45, 7) is 2.39. The van der Waals surface area contributed by atoms with Crippen molar-refractivity contribution in [3.63, 3.8) is 0 Å². The highest BCUT2D eigenvalue weighted by Crippen LogP contribution is 2.30. The molecule has 1 atom stereocenters. The summed E-state index contributed by atoms with van der Waals surface area (Å²) in [5.41, 5.74) is 1.23. The van der Waals surface area contributed by atoms with Gasteiger partial charge in [-0.3, -0.25) is 4.79 Å². The summed E-state index contributed by atoms with van der Waals surface area (Å²) in [5.74, 6) is 0.561. The smallest absolute Gasteiger partial charge is 0.227 e. The van der Waals surface area contributed by atoms with E-state index >= 15 is 0 Å². The molecule has 1 aromatic rings. The number of aryl methyl sites for hydroxylation is 1. The minimum atomic E-state index is -0.326. The molecule has 1 aliphatic rings. The zero-order valence-corrected chi connectivity index (χ0v) is 10.0. The summed E-state index contributed by atoms with van der Waals surface area (Å²) in [5, 5.41) is 0. The van der Waals surface area contributed by atoms with Gasteiger partial charge in [0.25, 0.3) is 0 Å². The van der Waals surface area contributed by atoms with Crippen molar-refractivity contribution < 1.29 is 9.18 Å². The van der Waals surface area contributed by atoms with E-state index in [1.54, 1.807) is 11.0 Å². The normalized spacial score (nSPS) is 20.6. The molecule has 1 saturated heterocycles. The summed E-state index contributed by atoms with van der Waals surface area (Å²) in [4.78, 5) is 13.3. The molecule has 0 spiro atoms. The highest BCUT2D eigenvalue weighted by atomic mass is 32.1. The quantitative estimate of drug-likeness (QED) is 0.786. The van der Waals surface area contributed by atoms with Gasteiger partial charge in [-0.15, -0.1) is 0 Å². The minimum absolute atomic E-state index is 0.00718. The molecule has 1 fully saturated rings. The Labute approximate surface area is 99.9 Å². The molecule has 86 valence electrons. The zero-order valence-electron chi connectivity index (χ0n) is 9.11. The Morgan fingerprint density at radius 1 is 1.56 bits per heavy atom. The molecule has 0 N–H and O–H groups in total. The molecular formula is C12H14FNOS. The number of benzene rings is 1. The third-order valence-corrected chi connectivity index (χ3v) is 3.44. The number of anilines is 1. The fourth-order valence-corrected chi connectivity index (χ4v) is 2.33. The summed E-state index contributed by atoms with van der Waals surface area (Å²) >= 11 is 4.19. The standard InChI is InChI=1S/C12H14FNOS/c1-8-3-2-4-10(13)12(8)14-6-9(7-16)5-11(14)15/h2-4,9,16H,5-7H2,1H3. The molecule has 1 aliphatic heterocycles. The van der Waals surface area contributed by atoms with E-state index in [9.17, 15) is 9.18 Å². The minimum Gasteiger partial charge on any atom is -0.309 e. The maximum absolute atomic E-state index is 13.7. The molecule has 0 bridgehead atoms. The number of para-hydroxylation sites is 1. The Bertz CT molecular complexity index is 401. The van der Waals surface area contributed by atoms with Crippen LogP contribution in [0.2, 0.25) is 0 Å². The van der Waals surface area contributed by atoms with Gasteiger partial charge in [0.1, 0.15) is 5.82 Å². The van der Waals surface area contributed by atoms with E-state index in [1.807, 2.05) is 13.0 Å². The van der Waals surface area contributed by atoms with Crippen LogP contribution >= 0.6 is 12.6 Å². The van der Waals surface area contributed by atoms with E-state index in [-0.39, 0.29) is 17.6 Å². The lowest BCUT2D eigenvalue weighted by atomic mass is 10.1. The van der Waals surface area contributed by atoms with Gasteiger partial charge in [0.05, 0.1) is 5.69 Å². The molecule has 0 aromatic heterocycles. The van der Waals surface area contributed by atoms with Gasteiger partial charge in [0.2, 0.25) is 5.91 Å². The molecule has 4 heteroatoms. The maximum atomic E-state index is 13.7. The van der Waals surface area contributed by atoms with Crippen LogP contribution in [0.3, 0.4) is 0 Å². The van der Waals surface area contributed by atoms with E-state index in [2.05, 4.69) is 12.6 Å². The second-order valence-corrected chi connectivity index (χ2v) is 4.53. The number of hydrogen-bond donors (Lipinski definition) is 1. The fourth-order valence-electron chi connectivity index (χ4n) is 2.08. The first-order valence-corrected chi connectivity index (χ1v) is 5.93. The highest BCUT2D eigenvalue weighted by Gasteiger charge is 2.31. The number of amides is 1. The van der Waals surface area contributed by atoms with Crippen molar-refractivity contribution in [2.75, 3.05) is 17.2 Å². The number of carbonyl (C=O) groups excluding carboxylic acids is 1. The van der Waals surface area contributed by atoms with Gasteiger partial charge < -0.3 is 4.90 Å². The van der Waals surface area contributed by atoms with Crippen LogP contribution < -0.4 is 4.90 Å². The molecule has 1 amide bonds. The molecule has 2 nitrogen and oxygen atoms in total. The SMILES string of the molecule is Cc1cccc(F)c1N1CC(CS)CC1=O. The summed E-state index contributed by atoms with van der Waals surface area (Å²) < 4.78 is 13.7. The number of carbonyl (C=O) groups is 1. The number of halogens is 1. The summed E-state index contributed by atoms with van der Waals surface area (Å²) in [7, 11) is 0. The summed E-state index contributed by atoms with van der Waals surface area (Å²) in [6.07, 6.45) is 0.470. The Morgan fingerprint density at radius 3 is 2.88 bits per heavy atom. The molecule has 1 aromatic carbocycles. The molecule has 2 rings (SSSR count). The van der Waals surface area contributed by atoms with Crippen molar-refractivity contribution in [1.29, 1.82) is 0 Å². The Hall–Kier alpha value is -1.03. The van der Waals surface area contributed by atoms with Crippen molar-refractivity contribution in [3.05, 3.63) is 29.6 Å². The topological polar surface area (TPSA) is 20.3 Å². The van der Waals surface area contributed by atoms with Crippen LogP contribution in [0.15, 0.2) is 18.2 Å². The molecule has 16 heavy (non-hydrogen) atoms. The Morgan fingerprint density at radius 2 is 2.31 bits per heavy atom. The van der Waals surface area contributed by atoms with E-state index in [0.717, 1.165) is 5.56 Å². The predicted octanol–water partition coefficient (Wildman–Crippen LogP) is 2.42. The largest absolute Gasteiger partial charge is 0.309 e. The van der Waals surface area contributed by atoms with Crippen LogP contribution in [0, 0.1) is 18.7 Å². The first-order chi connectivity index (χ1) is 7.63. The second kappa shape index (κ2) is 4.45. The average Bonchev–Trinajstić information content (AvgIpc) is 2.60. The van der Waals surface area contributed by atoms with Crippen molar-refractivity contribution in [2.24, 2.45) is 5.92 Å². The third-order valence-electron chi connectivity index (χ3n) is 2.92. The van der Waals surface area contributed by atoms with Crippen LogP contribution in [-0.2, 0) is 4.79 Å². The first kappa shape index (κ1) is 11.5. The van der Waals surface area contributed by atoms with Gasteiger partial charge in [-0.25, -0.2) is 4.39 Å². The molecular weight excluding hydrogens is 225 g/mol. The lowest BCUT2D eigenvalue weighted by Crippen LogP contribution is -2.26. The van der Waals surface area contributed by atoms with Crippen molar-refractivity contribution in [2.45, 2.75) is 13.3 Å². The molecule has 1 heterocycles. The van der Waals surface area contributed by atoms with Crippen LogP contribution in [0.4, 0.5) is 10.1 Å². The molecule has 1 unspecified atom stereocenters. The first-order valence-electron chi connectivity index (χ1n) is 5.30. The zero-order chi connectivity index (χ0) is 11.7. The fraction of sp³-hybridized carbons (Fsp3) is 0.417. The van der Waals surface area contributed by atoms with Crippen LogP contribution in [0.5, 0.6) is 0 Å². The average molecular weight is 239 g/mol. The van der Waals surface area contributed by atoms with Crippen molar-refractivity contribution >= 4 is 24.2 Å². The predicted molar refractivity (Wildman–Crippen MR) is 65.5 cm³/mol. The number of thiol groups is 1. The monoisotopic (exact) mass is 239 g/mol. The van der Waals surface area contributed by atoms with Crippen LogP contribution in [0.1, 0.15) is 12.0 Å². The van der Waals surface area contributed by atoms with E-state index < -0.39 is 0 Å². The van der Waals surface area contributed by atoms with Crippen molar-refractivity contribution in [3.8, 4) is 0 Å². The molecule has 0 radical (unpaired) electrons. The van der Waals surface area contributed by atoms with Crippen molar-refractivity contribution in [1.82, 2.24) is 0 Å². The molecule has 0 aliphatic carbocycles. The van der Waals surface area contributed by atoms with Gasteiger partial charge in [0.15, 0.2) is 0 Å².